The van der Waals surface area contributed by atoms with Crippen LogP contribution in [0.5, 0.6) is 23.0 Å². The molecule has 0 fully saturated rings. The Morgan fingerprint density at radius 1 is 1.06 bits per heavy atom. The summed E-state index contributed by atoms with van der Waals surface area (Å²) in [5.41, 5.74) is 3.54. The fourth-order valence-corrected chi connectivity index (χ4v) is 4.40. The predicted octanol–water partition coefficient (Wildman–Crippen LogP) is 4.44. The van der Waals surface area contributed by atoms with Gasteiger partial charge in [0.1, 0.15) is 11.5 Å². The molecule has 8 nitrogen and oxygen atoms in total. The van der Waals surface area contributed by atoms with Crippen molar-refractivity contribution in [2.75, 3.05) is 21.3 Å². The Hall–Kier alpha value is -4.20. The van der Waals surface area contributed by atoms with E-state index in [1.54, 1.807) is 44.6 Å². The molecular formula is C26H24N2O6. The molecule has 0 spiro atoms. The lowest BCUT2D eigenvalue weighted by atomic mass is 9.95. The second kappa shape index (κ2) is 8.62. The minimum absolute atomic E-state index is 0.130. The summed E-state index contributed by atoms with van der Waals surface area (Å²) in [5.74, 6) is 1.64. The monoisotopic (exact) mass is 460 g/mol. The van der Waals surface area contributed by atoms with Crippen LogP contribution in [0.2, 0.25) is 0 Å². The zero-order valence-electron chi connectivity index (χ0n) is 19.0. The van der Waals surface area contributed by atoms with Crippen molar-refractivity contribution < 1.29 is 28.8 Å². The normalized spacial score (nSPS) is 18.3. The van der Waals surface area contributed by atoms with E-state index in [1.807, 2.05) is 35.3 Å². The molecule has 0 aromatic heterocycles. The third-order valence-corrected chi connectivity index (χ3v) is 6.13. The van der Waals surface area contributed by atoms with Crippen LogP contribution in [0.15, 0.2) is 65.8 Å². The number of phenolic OH excluding ortho intramolecular Hbond substituents is 1. The molecule has 0 radical (unpaired) electrons. The highest BCUT2D eigenvalue weighted by Gasteiger charge is 2.42. The Labute approximate surface area is 196 Å². The van der Waals surface area contributed by atoms with Gasteiger partial charge >= 0.3 is 5.97 Å². The Kier molecular flexibility index (Phi) is 5.49. The van der Waals surface area contributed by atoms with Crippen LogP contribution in [-0.4, -0.2) is 43.1 Å². The third-order valence-electron chi connectivity index (χ3n) is 6.13. The van der Waals surface area contributed by atoms with Crippen molar-refractivity contribution in [1.29, 1.82) is 0 Å². The van der Waals surface area contributed by atoms with Gasteiger partial charge in [0.25, 0.3) is 0 Å². The number of benzene rings is 3. The lowest BCUT2D eigenvalue weighted by Crippen LogP contribution is -2.33. The van der Waals surface area contributed by atoms with Gasteiger partial charge in [0, 0.05) is 23.1 Å². The molecule has 3 aromatic rings. The summed E-state index contributed by atoms with van der Waals surface area (Å²) < 4.78 is 22.2. The first kappa shape index (κ1) is 21.6. The number of nitrogens with zero attached hydrogens (tertiary/aromatic N) is 2. The van der Waals surface area contributed by atoms with E-state index in [-0.39, 0.29) is 11.8 Å². The van der Waals surface area contributed by atoms with Gasteiger partial charge in [0.05, 0.1) is 38.6 Å². The average Bonchev–Trinajstić information content (AvgIpc) is 3.33. The number of fused-ring (bicyclic) bond motifs is 3. The number of carbonyl (C=O) groups excluding carboxylic acids is 1. The van der Waals surface area contributed by atoms with Crippen LogP contribution < -0.4 is 14.2 Å². The molecule has 34 heavy (non-hydrogen) atoms. The summed E-state index contributed by atoms with van der Waals surface area (Å²) in [4.78, 5) is 11.9. The van der Waals surface area contributed by atoms with Crippen molar-refractivity contribution in [3.8, 4) is 23.0 Å². The van der Waals surface area contributed by atoms with Crippen LogP contribution in [0, 0.1) is 0 Å². The molecule has 8 heteroatoms. The molecule has 2 atom stereocenters. The van der Waals surface area contributed by atoms with E-state index in [2.05, 4.69) is 0 Å². The molecule has 174 valence electrons. The third kappa shape index (κ3) is 3.57. The fourth-order valence-electron chi connectivity index (χ4n) is 4.40. The van der Waals surface area contributed by atoms with Crippen molar-refractivity contribution in [3.63, 3.8) is 0 Å². The maximum Gasteiger partial charge on any atom is 0.337 e. The molecule has 0 bridgehead atoms. The average molecular weight is 460 g/mol. The fraction of sp³-hybridized carbons (Fsp3) is 0.231. The number of methoxy groups -OCH3 is 3. The first-order chi connectivity index (χ1) is 16.5. The lowest BCUT2D eigenvalue weighted by molar-refractivity contribution is -0.0209. The standard InChI is InChI=1S/C26H24N2O6/c1-31-17-11-12-22(29)19(13-17)20-14-21-18-5-4-6-23(32-2)24(18)34-25(28(21)27-20)15-7-9-16(10-8-15)26(30)33-3/h4-13,21,25,29H,14H2,1-3H3/t21-,25-/m1/s1. The first-order valence-corrected chi connectivity index (χ1v) is 10.8. The smallest absolute Gasteiger partial charge is 0.337 e. The molecule has 0 unspecified atom stereocenters. The Morgan fingerprint density at radius 3 is 2.56 bits per heavy atom. The van der Waals surface area contributed by atoms with E-state index in [0.717, 1.165) is 16.8 Å². The van der Waals surface area contributed by atoms with Crippen LogP contribution >= 0.6 is 0 Å². The maximum atomic E-state index is 11.9. The van der Waals surface area contributed by atoms with Gasteiger partial charge in [0.2, 0.25) is 6.23 Å². The summed E-state index contributed by atoms with van der Waals surface area (Å²) >= 11 is 0. The molecule has 0 amide bonds. The van der Waals surface area contributed by atoms with E-state index >= 15 is 0 Å². The van der Waals surface area contributed by atoms with Gasteiger partial charge in [-0.05, 0) is 36.4 Å². The first-order valence-electron chi connectivity index (χ1n) is 10.8. The van der Waals surface area contributed by atoms with Crippen molar-refractivity contribution in [3.05, 3.63) is 82.9 Å². The Morgan fingerprint density at radius 2 is 1.85 bits per heavy atom. The van der Waals surface area contributed by atoms with Crippen molar-refractivity contribution in [2.45, 2.75) is 18.7 Å². The van der Waals surface area contributed by atoms with Gasteiger partial charge in [-0.1, -0.05) is 24.3 Å². The maximum absolute atomic E-state index is 11.9. The zero-order chi connectivity index (χ0) is 23.8. The summed E-state index contributed by atoms with van der Waals surface area (Å²) in [6.07, 6.45) is -0.00758. The summed E-state index contributed by atoms with van der Waals surface area (Å²) in [7, 11) is 4.54. The summed E-state index contributed by atoms with van der Waals surface area (Å²) in [6, 6.07) is 17.8. The molecule has 2 heterocycles. The SMILES string of the molecule is COC(=O)c1ccc([C@H]2Oc3c(OC)cccc3[C@H]3CC(c4cc(OC)ccc4O)=NN32)cc1. The minimum atomic E-state index is -0.564. The molecule has 0 saturated carbocycles. The molecule has 2 aliphatic rings. The van der Waals surface area contributed by atoms with E-state index in [9.17, 15) is 9.90 Å². The van der Waals surface area contributed by atoms with Crippen molar-refractivity contribution in [1.82, 2.24) is 5.01 Å². The summed E-state index contributed by atoms with van der Waals surface area (Å²) in [6.45, 7) is 0. The topological polar surface area (TPSA) is 89.8 Å². The van der Waals surface area contributed by atoms with Crippen LogP contribution in [0.25, 0.3) is 0 Å². The number of phenols is 1. The lowest BCUT2D eigenvalue weighted by Gasteiger charge is -2.38. The van der Waals surface area contributed by atoms with Crippen molar-refractivity contribution in [2.24, 2.45) is 5.10 Å². The molecular weight excluding hydrogens is 436 g/mol. The number of ether oxygens (including phenoxy) is 4. The predicted molar refractivity (Wildman–Crippen MR) is 125 cm³/mol. The van der Waals surface area contributed by atoms with E-state index in [4.69, 9.17) is 24.0 Å². The molecule has 1 N–H and O–H groups in total. The number of esters is 1. The largest absolute Gasteiger partial charge is 0.507 e. The highest BCUT2D eigenvalue weighted by atomic mass is 16.5. The minimum Gasteiger partial charge on any atom is -0.507 e. The van der Waals surface area contributed by atoms with E-state index in [1.165, 1.54) is 7.11 Å². The quantitative estimate of drug-likeness (QED) is 0.563. The van der Waals surface area contributed by atoms with E-state index < -0.39 is 12.2 Å². The second-order valence-corrected chi connectivity index (χ2v) is 7.99. The van der Waals surface area contributed by atoms with Crippen LogP contribution in [0.4, 0.5) is 0 Å². The van der Waals surface area contributed by atoms with Gasteiger partial charge in [-0.2, -0.15) is 5.10 Å². The Balaban J connectivity index is 1.60. The summed E-state index contributed by atoms with van der Waals surface area (Å²) in [5, 5.41) is 17.3. The number of carbonyl (C=O) groups is 1. The highest BCUT2D eigenvalue weighted by Crippen LogP contribution is 2.51. The molecule has 0 saturated heterocycles. The van der Waals surface area contributed by atoms with Gasteiger partial charge in [-0.3, -0.25) is 0 Å². The Bertz CT molecular complexity index is 1270. The number of aromatic hydroxyl groups is 1. The van der Waals surface area contributed by atoms with Gasteiger partial charge in [-0.15, -0.1) is 0 Å². The van der Waals surface area contributed by atoms with Gasteiger partial charge in [-0.25, -0.2) is 9.80 Å². The molecule has 0 aliphatic carbocycles. The number of hydrazone groups is 1. The molecule has 3 aromatic carbocycles. The van der Waals surface area contributed by atoms with Crippen LogP contribution in [0.1, 0.15) is 45.7 Å². The molecule has 2 aliphatic heterocycles. The zero-order valence-corrected chi connectivity index (χ0v) is 19.0. The van der Waals surface area contributed by atoms with Crippen molar-refractivity contribution >= 4 is 11.7 Å². The van der Waals surface area contributed by atoms with Gasteiger partial charge in [0.15, 0.2) is 11.5 Å². The number of rotatable bonds is 5. The number of hydrogen-bond donors (Lipinski definition) is 1. The van der Waals surface area contributed by atoms with E-state index in [0.29, 0.717) is 34.8 Å². The highest BCUT2D eigenvalue weighted by molar-refractivity contribution is 6.04. The number of para-hydroxylation sites is 1. The van der Waals surface area contributed by atoms with Gasteiger partial charge < -0.3 is 24.1 Å². The van der Waals surface area contributed by atoms with Crippen LogP contribution in [-0.2, 0) is 4.74 Å². The second-order valence-electron chi connectivity index (χ2n) is 7.99. The number of hydrogen-bond acceptors (Lipinski definition) is 8. The molecule has 5 rings (SSSR count). The van der Waals surface area contributed by atoms with Crippen LogP contribution in [0.3, 0.4) is 0 Å².